The number of nitrogens with one attached hydrogen (secondary N) is 2. The zero-order valence-corrected chi connectivity index (χ0v) is 27.5. The Morgan fingerprint density at radius 2 is 1.56 bits per heavy atom. The second-order valence-electron chi connectivity index (χ2n) is 11.3. The molecule has 2 amide bonds. The summed E-state index contributed by atoms with van der Waals surface area (Å²) in [6.07, 6.45) is 0.119. The number of para-hydroxylation sites is 1. The van der Waals surface area contributed by atoms with Gasteiger partial charge in [-0.05, 0) is 53.3 Å². The van der Waals surface area contributed by atoms with E-state index in [1.54, 1.807) is 0 Å². The lowest BCUT2D eigenvalue weighted by Crippen LogP contribution is -2.48. The molecule has 1 fully saturated rings. The molecule has 1 aliphatic rings. The lowest BCUT2D eigenvalue weighted by atomic mass is 9.84. The van der Waals surface area contributed by atoms with Gasteiger partial charge in [0.25, 0.3) is 0 Å². The third kappa shape index (κ3) is 8.35. The Labute approximate surface area is 278 Å². The van der Waals surface area contributed by atoms with Gasteiger partial charge >= 0.3 is 6.09 Å². The molecule has 5 rings (SSSR count). The Morgan fingerprint density at radius 1 is 0.933 bits per heavy atom. The maximum atomic E-state index is 14.1. The van der Waals surface area contributed by atoms with Gasteiger partial charge in [0.05, 0.1) is 17.5 Å². The fraction of sp³-hybridized carbons (Fsp3) is 0.278. The first-order valence-corrected chi connectivity index (χ1v) is 16.4. The standard InChI is InChI=1S/C36H38BrN3O4S/c1-40(36(42)43)33(32(25-12-4-2-5-13-25)26-14-6-3-7-15-26)35(41)39-30-18-9-8-11-24(30)19-20-29-22-38-23-31(44-29)34(45)27-16-10-17-28(37)21-27/h2-18,21,29,31-34,38,45H,19-20,22-23H2,1H3,(H,39,41)(H,42,43)/t29-,31+,33+,34?/m1/s1. The number of anilines is 1. The molecular weight excluding hydrogens is 650 g/mol. The van der Waals surface area contributed by atoms with Crippen LogP contribution in [-0.4, -0.2) is 60.4 Å². The SMILES string of the molecule is CN(C(=O)O)[C@H](C(=O)Nc1ccccc1CC[C@@H]1CNC[C@@H](C(S)c2cccc(Br)c2)O1)C(c1ccccc1)c1ccccc1. The van der Waals surface area contributed by atoms with Gasteiger partial charge in [-0.1, -0.05) is 107 Å². The number of likely N-dealkylation sites (N-methyl/N-ethyl adjacent to an activating group) is 1. The summed E-state index contributed by atoms with van der Waals surface area (Å²) in [6.45, 7) is 1.44. The summed E-state index contributed by atoms with van der Waals surface area (Å²) in [5, 5.41) is 16.6. The van der Waals surface area contributed by atoms with Crippen molar-refractivity contribution >= 4 is 46.2 Å². The van der Waals surface area contributed by atoms with E-state index in [9.17, 15) is 14.7 Å². The number of morpholine rings is 1. The molecule has 7 nitrogen and oxygen atoms in total. The minimum Gasteiger partial charge on any atom is -0.465 e. The van der Waals surface area contributed by atoms with Crippen LogP contribution in [0.4, 0.5) is 10.5 Å². The summed E-state index contributed by atoms with van der Waals surface area (Å²) < 4.78 is 7.51. The number of carbonyl (C=O) groups is 2. The van der Waals surface area contributed by atoms with Gasteiger partial charge in [0.15, 0.2) is 0 Å². The second kappa shape index (κ2) is 15.6. The molecule has 0 radical (unpaired) electrons. The average Bonchev–Trinajstić information content (AvgIpc) is 3.07. The topological polar surface area (TPSA) is 90.9 Å². The number of rotatable bonds is 11. The van der Waals surface area contributed by atoms with Crippen LogP contribution in [0.5, 0.6) is 0 Å². The molecule has 45 heavy (non-hydrogen) atoms. The third-order valence-corrected chi connectivity index (χ3v) is 9.38. The van der Waals surface area contributed by atoms with Crippen molar-refractivity contribution in [2.24, 2.45) is 0 Å². The number of aryl methyl sites for hydroxylation is 1. The quantitative estimate of drug-likeness (QED) is 0.126. The van der Waals surface area contributed by atoms with Crippen LogP contribution in [0.3, 0.4) is 0 Å². The fourth-order valence-corrected chi connectivity index (χ4v) is 6.68. The van der Waals surface area contributed by atoms with Crippen LogP contribution in [0, 0.1) is 0 Å². The Hall–Kier alpha value is -3.63. The minimum absolute atomic E-state index is 0.0271. The number of amides is 2. The molecule has 234 valence electrons. The summed E-state index contributed by atoms with van der Waals surface area (Å²) in [7, 11) is 1.45. The molecule has 0 saturated carbocycles. The Kier molecular flexibility index (Phi) is 11.3. The Morgan fingerprint density at radius 3 is 2.20 bits per heavy atom. The van der Waals surface area contributed by atoms with Crippen molar-refractivity contribution in [3.05, 3.63) is 136 Å². The highest BCUT2D eigenvalue weighted by molar-refractivity contribution is 9.10. The highest BCUT2D eigenvalue weighted by Gasteiger charge is 2.37. The number of thiol groups is 1. The summed E-state index contributed by atoms with van der Waals surface area (Å²) in [6, 6.07) is 33.9. The van der Waals surface area contributed by atoms with Crippen LogP contribution in [0.1, 0.15) is 39.8 Å². The summed E-state index contributed by atoms with van der Waals surface area (Å²) >= 11 is 8.43. The van der Waals surface area contributed by atoms with Crippen molar-refractivity contribution in [1.29, 1.82) is 0 Å². The fourth-order valence-electron chi connectivity index (χ4n) is 5.92. The molecule has 0 spiro atoms. The largest absolute Gasteiger partial charge is 0.465 e. The van der Waals surface area contributed by atoms with Crippen LogP contribution >= 0.6 is 28.6 Å². The summed E-state index contributed by atoms with van der Waals surface area (Å²) in [5.74, 6) is -0.911. The molecule has 1 heterocycles. The lowest BCUT2D eigenvalue weighted by molar-refractivity contribution is -0.120. The van der Waals surface area contributed by atoms with Crippen LogP contribution < -0.4 is 10.6 Å². The van der Waals surface area contributed by atoms with E-state index in [-0.39, 0.29) is 17.5 Å². The average molecular weight is 689 g/mol. The number of hydrogen-bond donors (Lipinski definition) is 4. The van der Waals surface area contributed by atoms with Crippen molar-refractivity contribution < 1.29 is 19.4 Å². The van der Waals surface area contributed by atoms with Gasteiger partial charge in [-0.3, -0.25) is 9.69 Å². The highest BCUT2D eigenvalue weighted by Crippen LogP contribution is 2.33. The van der Waals surface area contributed by atoms with E-state index < -0.39 is 24.0 Å². The van der Waals surface area contributed by atoms with E-state index in [1.807, 2.05) is 97.1 Å². The number of carbonyl (C=O) groups excluding carboxylic acids is 1. The summed E-state index contributed by atoms with van der Waals surface area (Å²) in [4.78, 5) is 27.5. The van der Waals surface area contributed by atoms with Crippen molar-refractivity contribution in [3.63, 3.8) is 0 Å². The number of ether oxygens (including phenoxy) is 1. The molecule has 1 unspecified atom stereocenters. The molecule has 0 bridgehead atoms. The highest BCUT2D eigenvalue weighted by atomic mass is 79.9. The van der Waals surface area contributed by atoms with Gasteiger partial charge in [-0.2, -0.15) is 12.6 Å². The monoisotopic (exact) mass is 687 g/mol. The van der Waals surface area contributed by atoms with Crippen molar-refractivity contribution in [2.45, 2.75) is 42.3 Å². The van der Waals surface area contributed by atoms with E-state index in [1.165, 1.54) is 7.05 Å². The van der Waals surface area contributed by atoms with Gasteiger partial charge in [0.2, 0.25) is 5.91 Å². The maximum absolute atomic E-state index is 14.1. The van der Waals surface area contributed by atoms with E-state index in [0.29, 0.717) is 18.7 Å². The van der Waals surface area contributed by atoms with E-state index >= 15 is 0 Å². The van der Waals surface area contributed by atoms with Gasteiger partial charge in [-0.15, -0.1) is 0 Å². The molecule has 0 aliphatic carbocycles. The van der Waals surface area contributed by atoms with E-state index in [2.05, 4.69) is 38.7 Å². The molecule has 9 heteroatoms. The number of nitrogens with zero attached hydrogens (tertiary/aromatic N) is 1. The maximum Gasteiger partial charge on any atom is 0.407 e. The molecule has 4 aromatic rings. The molecule has 3 N–H and O–H groups in total. The number of halogens is 1. The second-order valence-corrected chi connectivity index (χ2v) is 12.7. The normalized spacial score (nSPS) is 17.8. The lowest BCUT2D eigenvalue weighted by Gasteiger charge is -2.34. The number of benzene rings is 4. The van der Waals surface area contributed by atoms with Crippen LogP contribution in [0.15, 0.2) is 114 Å². The number of hydrogen-bond acceptors (Lipinski definition) is 5. The van der Waals surface area contributed by atoms with Crippen LogP contribution in [0.25, 0.3) is 0 Å². The van der Waals surface area contributed by atoms with Crippen molar-refractivity contribution in [2.75, 3.05) is 25.5 Å². The van der Waals surface area contributed by atoms with Gasteiger partial charge < -0.3 is 20.5 Å². The van der Waals surface area contributed by atoms with Gasteiger partial charge in [-0.25, -0.2) is 4.79 Å². The summed E-state index contributed by atoms with van der Waals surface area (Å²) in [5.41, 5.74) is 4.42. The Balaban J connectivity index is 1.33. The van der Waals surface area contributed by atoms with Crippen LogP contribution in [-0.2, 0) is 16.0 Å². The molecule has 0 aromatic heterocycles. The minimum atomic E-state index is -1.18. The first-order chi connectivity index (χ1) is 21.8. The molecule has 4 atom stereocenters. The molecule has 1 saturated heterocycles. The smallest absolute Gasteiger partial charge is 0.407 e. The van der Waals surface area contributed by atoms with Crippen LogP contribution in [0.2, 0.25) is 0 Å². The van der Waals surface area contributed by atoms with E-state index in [4.69, 9.17) is 17.4 Å². The molecule has 1 aliphatic heterocycles. The first-order valence-electron chi connectivity index (χ1n) is 15.1. The predicted molar refractivity (Wildman–Crippen MR) is 185 cm³/mol. The zero-order valence-electron chi connectivity index (χ0n) is 25.1. The molecule has 4 aromatic carbocycles. The van der Waals surface area contributed by atoms with Gasteiger partial charge in [0, 0.05) is 36.2 Å². The van der Waals surface area contributed by atoms with Gasteiger partial charge in [0.1, 0.15) is 6.04 Å². The van der Waals surface area contributed by atoms with Crippen molar-refractivity contribution in [1.82, 2.24) is 10.2 Å². The predicted octanol–water partition coefficient (Wildman–Crippen LogP) is 7.16. The van der Waals surface area contributed by atoms with Crippen molar-refractivity contribution in [3.8, 4) is 0 Å². The van der Waals surface area contributed by atoms with E-state index in [0.717, 1.165) is 44.6 Å². The zero-order chi connectivity index (χ0) is 31.8. The number of carboxylic acid groups (broad SMARTS) is 1. The Bertz CT molecular complexity index is 1540. The molecular formula is C36H38BrN3O4S. The first kappa shape index (κ1) is 32.8. The third-order valence-electron chi connectivity index (χ3n) is 8.26.